The molecular weight excluding hydrogens is 510 g/mol. The molecule has 5 atom stereocenters. The number of carboxylic acid groups (broad SMARTS) is 1. The molecule has 0 spiro atoms. The Morgan fingerprint density at radius 3 is 2.32 bits per heavy atom. The lowest BCUT2D eigenvalue weighted by Crippen LogP contribution is -2.70. The van der Waals surface area contributed by atoms with E-state index in [2.05, 4.69) is 4.99 Å². The molecule has 2 heterocycles. The Hall–Kier alpha value is -4.57. The van der Waals surface area contributed by atoms with Crippen molar-refractivity contribution in [2.45, 2.75) is 30.2 Å². The van der Waals surface area contributed by atoms with Crippen molar-refractivity contribution in [3.8, 4) is 34.3 Å². The van der Waals surface area contributed by atoms with E-state index < -0.39 is 76.7 Å². The lowest BCUT2D eigenvalue weighted by Gasteiger charge is -2.45. The van der Waals surface area contributed by atoms with Crippen molar-refractivity contribution >= 4 is 22.9 Å². The minimum Gasteiger partial charge on any atom is -0.508 e. The number of nitrogens with zero attached hydrogens (tertiary/aromatic N) is 1. The van der Waals surface area contributed by atoms with Crippen molar-refractivity contribution in [1.29, 1.82) is 0 Å². The molecule has 1 aromatic heterocycles. The number of phenolic OH excluding ortho intramolecular Hbond substituents is 3. The van der Waals surface area contributed by atoms with Crippen molar-refractivity contribution < 1.29 is 54.4 Å². The molecule has 1 fully saturated rings. The maximum atomic E-state index is 12.7. The summed E-state index contributed by atoms with van der Waals surface area (Å²) in [4.78, 5) is 27.9. The molecule has 0 aliphatic carbocycles. The van der Waals surface area contributed by atoms with E-state index in [1.165, 1.54) is 24.3 Å². The van der Waals surface area contributed by atoms with Crippen LogP contribution in [0.1, 0.15) is 0 Å². The third kappa shape index (κ3) is 4.61. The highest BCUT2D eigenvalue weighted by molar-refractivity contribution is 5.89. The summed E-state index contributed by atoms with van der Waals surface area (Å²) in [7, 11) is 0. The van der Waals surface area contributed by atoms with E-state index in [1.54, 1.807) is 0 Å². The van der Waals surface area contributed by atoms with Gasteiger partial charge in [0.1, 0.15) is 40.3 Å². The van der Waals surface area contributed by atoms with Gasteiger partial charge < -0.3 is 61.1 Å². The van der Waals surface area contributed by atoms with Gasteiger partial charge in [-0.05, 0) is 24.3 Å². The maximum Gasteiger partial charge on any atom is 0.335 e. The van der Waals surface area contributed by atoms with Gasteiger partial charge in [0, 0.05) is 17.7 Å². The van der Waals surface area contributed by atoms with E-state index in [0.29, 0.717) is 5.56 Å². The summed E-state index contributed by atoms with van der Waals surface area (Å²) in [5, 5.41) is 71.5. The highest BCUT2D eigenvalue weighted by atomic mass is 16.7. The van der Waals surface area contributed by atoms with Gasteiger partial charge in [-0.3, -0.25) is 9.79 Å². The van der Waals surface area contributed by atoms with Gasteiger partial charge in [-0.2, -0.15) is 0 Å². The number of ether oxygens (including phenoxy) is 2. The van der Waals surface area contributed by atoms with E-state index in [4.69, 9.17) is 25.4 Å². The summed E-state index contributed by atoms with van der Waals surface area (Å²) >= 11 is 0. The van der Waals surface area contributed by atoms with Crippen LogP contribution in [-0.2, 0) is 9.53 Å². The number of carboxylic acids is 1. The zero-order valence-electron chi connectivity index (χ0n) is 19.3. The number of guanidine groups is 1. The summed E-state index contributed by atoms with van der Waals surface area (Å²) in [6.45, 7) is -0.857. The molecule has 1 aliphatic heterocycles. The summed E-state index contributed by atoms with van der Waals surface area (Å²) in [5.41, 5.74) is 7.13. The highest BCUT2D eigenvalue weighted by Gasteiger charge is 2.58. The van der Waals surface area contributed by atoms with Gasteiger partial charge in [0.05, 0.1) is 6.54 Å². The number of aliphatic carboxylic acids is 1. The second kappa shape index (κ2) is 9.71. The second-order valence-electron chi connectivity index (χ2n) is 8.47. The lowest BCUT2D eigenvalue weighted by atomic mass is 9.84. The van der Waals surface area contributed by atoms with E-state index in [0.717, 1.165) is 12.1 Å². The van der Waals surface area contributed by atoms with E-state index >= 15 is 0 Å². The molecule has 38 heavy (non-hydrogen) atoms. The SMILES string of the molecule is NC(N)=NCC1(O)C(O)C(Oc2cc3oc(-c4ccc(O)cc4)cc(=O)c3c(O)c2O)OC(C(=O)O)C1O. The molecule has 5 unspecified atom stereocenters. The molecule has 15 heteroatoms. The summed E-state index contributed by atoms with van der Waals surface area (Å²) in [5.74, 6) is -4.89. The first-order chi connectivity index (χ1) is 17.8. The number of hydrogen-bond acceptors (Lipinski definition) is 12. The quantitative estimate of drug-likeness (QED) is 0.0990. The molecule has 0 saturated carbocycles. The van der Waals surface area contributed by atoms with Crippen LogP contribution in [0, 0.1) is 0 Å². The smallest absolute Gasteiger partial charge is 0.335 e. The Bertz CT molecular complexity index is 1470. The van der Waals surface area contributed by atoms with Crippen LogP contribution in [0.3, 0.4) is 0 Å². The zero-order chi connectivity index (χ0) is 27.9. The first-order valence-corrected chi connectivity index (χ1v) is 10.8. The number of aliphatic hydroxyl groups excluding tert-OH is 2. The molecular formula is C23H23N3O12. The monoisotopic (exact) mass is 533 g/mol. The van der Waals surface area contributed by atoms with Crippen molar-refractivity contribution in [3.05, 3.63) is 46.6 Å². The highest BCUT2D eigenvalue weighted by Crippen LogP contribution is 2.43. The molecule has 0 amide bonds. The Balaban J connectivity index is 1.78. The van der Waals surface area contributed by atoms with Gasteiger partial charge in [0.15, 0.2) is 29.0 Å². The summed E-state index contributed by atoms with van der Waals surface area (Å²) in [6, 6.07) is 7.62. The number of fused-ring (bicyclic) bond motifs is 1. The maximum absolute atomic E-state index is 12.7. The molecule has 15 nitrogen and oxygen atoms in total. The first kappa shape index (κ1) is 26.5. The first-order valence-electron chi connectivity index (χ1n) is 10.8. The predicted octanol–water partition coefficient (Wildman–Crippen LogP) is -1.51. The second-order valence-corrected chi connectivity index (χ2v) is 8.47. The van der Waals surface area contributed by atoms with E-state index in [9.17, 15) is 45.3 Å². The number of nitrogens with two attached hydrogens (primary N) is 2. The fraction of sp³-hybridized carbons (Fsp3) is 0.261. The van der Waals surface area contributed by atoms with E-state index in [1.807, 2.05) is 0 Å². The number of hydrogen-bond donors (Lipinski definition) is 9. The van der Waals surface area contributed by atoms with Crippen molar-refractivity contribution in [1.82, 2.24) is 0 Å². The topological polar surface area (TPSA) is 272 Å². The Morgan fingerprint density at radius 2 is 1.71 bits per heavy atom. The van der Waals surface area contributed by atoms with Crippen molar-refractivity contribution in [2.24, 2.45) is 16.5 Å². The number of carbonyl (C=O) groups is 1. The Kier molecular flexibility index (Phi) is 6.77. The molecule has 11 N–H and O–H groups in total. The standard InChI is InChI=1S/C23H23N3O12/c24-22(25)26-7-23(35)18(31)17(20(33)34)38-21(19(23)32)37-13-6-12-14(16(30)15(13)29)10(28)5-11(36-12)8-1-3-9(27)4-2-8/h1-6,17-19,21,27,29-32,35H,7H2,(H,33,34)(H4,24,25,26). The fourth-order valence-electron chi connectivity index (χ4n) is 3.91. The molecule has 202 valence electrons. The van der Waals surface area contributed by atoms with Crippen LogP contribution in [0.5, 0.6) is 23.0 Å². The van der Waals surface area contributed by atoms with Gasteiger partial charge in [0.2, 0.25) is 12.0 Å². The van der Waals surface area contributed by atoms with Gasteiger partial charge in [-0.25, -0.2) is 4.79 Å². The number of aliphatic hydroxyl groups is 3. The third-order valence-corrected chi connectivity index (χ3v) is 5.93. The average Bonchev–Trinajstić information content (AvgIpc) is 2.86. The third-order valence-electron chi connectivity index (χ3n) is 5.93. The molecule has 1 saturated heterocycles. The van der Waals surface area contributed by atoms with Crippen LogP contribution in [0.25, 0.3) is 22.3 Å². The minimum absolute atomic E-state index is 0.0214. The Labute approximate surface area is 212 Å². The number of aliphatic imine (C=N–C) groups is 1. The molecule has 0 radical (unpaired) electrons. The number of benzene rings is 2. The zero-order valence-corrected chi connectivity index (χ0v) is 19.3. The molecule has 0 bridgehead atoms. The van der Waals surface area contributed by atoms with Crippen molar-refractivity contribution in [3.63, 3.8) is 0 Å². The largest absolute Gasteiger partial charge is 0.508 e. The summed E-state index contributed by atoms with van der Waals surface area (Å²) < 4.78 is 16.2. The summed E-state index contributed by atoms with van der Waals surface area (Å²) in [6.07, 6.45) is -8.61. The number of aromatic hydroxyl groups is 3. The van der Waals surface area contributed by atoms with E-state index in [-0.39, 0.29) is 17.1 Å². The normalized spacial score (nSPS) is 25.1. The molecule has 4 rings (SSSR count). The minimum atomic E-state index is -2.69. The van der Waals surface area contributed by atoms with Gasteiger partial charge in [0.25, 0.3) is 0 Å². The van der Waals surface area contributed by atoms with Gasteiger partial charge in [-0.1, -0.05) is 0 Å². The number of phenols is 3. The predicted molar refractivity (Wildman–Crippen MR) is 127 cm³/mol. The van der Waals surface area contributed by atoms with Crippen LogP contribution in [0.2, 0.25) is 0 Å². The van der Waals surface area contributed by atoms with Crippen LogP contribution in [0.4, 0.5) is 0 Å². The van der Waals surface area contributed by atoms with Crippen LogP contribution in [-0.4, -0.2) is 84.4 Å². The van der Waals surface area contributed by atoms with Gasteiger partial charge >= 0.3 is 5.97 Å². The Morgan fingerprint density at radius 1 is 1.05 bits per heavy atom. The van der Waals surface area contributed by atoms with Crippen LogP contribution >= 0.6 is 0 Å². The fourth-order valence-corrected chi connectivity index (χ4v) is 3.91. The lowest BCUT2D eigenvalue weighted by molar-refractivity contribution is -0.303. The van der Waals surface area contributed by atoms with Crippen LogP contribution < -0.4 is 21.6 Å². The van der Waals surface area contributed by atoms with Crippen LogP contribution in [0.15, 0.2) is 50.6 Å². The van der Waals surface area contributed by atoms with Gasteiger partial charge in [-0.15, -0.1) is 0 Å². The molecule has 3 aromatic rings. The van der Waals surface area contributed by atoms with Crippen molar-refractivity contribution in [2.75, 3.05) is 6.54 Å². The number of rotatable bonds is 6. The molecule has 2 aromatic carbocycles. The molecule has 1 aliphatic rings. The average molecular weight is 533 g/mol.